The third-order valence-electron chi connectivity index (χ3n) is 3.52. The number of anilines is 1. The zero-order valence-corrected chi connectivity index (χ0v) is 12.8. The van der Waals surface area contributed by atoms with E-state index in [0.29, 0.717) is 16.3 Å². The lowest BCUT2D eigenvalue weighted by Crippen LogP contribution is -2.19. The van der Waals surface area contributed by atoms with Crippen LogP contribution in [0, 0.1) is 0 Å². The maximum absolute atomic E-state index is 12.2. The van der Waals surface area contributed by atoms with E-state index in [0.717, 1.165) is 25.3 Å². The van der Waals surface area contributed by atoms with Crippen LogP contribution >= 0.6 is 11.6 Å². The normalized spacial score (nSPS) is 17.2. The van der Waals surface area contributed by atoms with Crippen molar-refractivity contribution in [3.8, 4) is 5.75 Å². The van der Waals surface area contributed by atoms with E-state index in [2.05, 4.69) is 10.6 Å². The van der Waals surface area contributed by atoms with E-state index in [-0.39, 0.29) is 12.0 Å². The van der Waals surface area contributed by atoms with Gasteiger partial charge in [-0.05, 0) is 49.4 Å². The van der Waals surface area contributed by atoms with Crippen molar-refractivity contribution < 1.29 is 9.53 Å². The second-order valence-corrected chi connectivity index (χ2v) is 5.66. The first-order chi connectivity index (χ1) is 10.7. The van der Waals surface area contributed by atoms with Crippen LogP contribution in [0.15, 0.2) is 48.5 Å². The highest BCUT2D eigenvalue weighted by Gasteiger charge is 2.16. The SMILES string of the molecule is O=C(Nc1cccc(O[C@H]2CCNC2)c1)c1ccc(Cl)cc1. The molecule has 0 radical (unpaired) electrons. The molecule has 0 aromatic heterocycles. The first-order valence-corrected chi connectivity index (χ1v) is 7.63. The summed E-state index contributed by atoms with van der Waals surface area (Å²) in [7, 11) is 0. The lowest BCUT2D eigenvalue weighted by molar-refractivity contribution is 0.102. The van der Waals surface area contributed by atoms with Gasteiger partial charge in [0.15, 0.2) is 0 Å². The van der Waals surface area contributed by atoms with Gasteiger partial charge in [0.05, 0.1) is 0 Å². The van der Waals surface area contributed by atoms with Gasteiger partial charge in [-0.25, -0.2) is 0 Å². The Morgan fingerprint density at radius 2 is 2.05 bits per heavy atom. The van der Waals surface area contributed by atoms with Gasteiger partial charge < -0.3 is 15.4 Å². The van der Waals surface area contributed by atoms with E-state index >= 15 is 0 Å². The number of rotatable bonds is 4. The van der Waals surface area contributed by atoms with Crippen molar-refractivity contribution in [2.24, 2.45) is 0 Å². The second kappa shape index (κ2) is 6.81. The molecule has 2 aromatic carbocycles. The van der Waals surface area contributed by atoms with Crippen molar-refractivity contribution in [2.45, 2.75) is 12.5 Å². The summed E-state index contributed by atoms with van der Waals surface area (Å²) >= 11 is 5.82. The number of hydrogen-bond donors (Lipinski definition) is 2. The van der Waals surface area contributed by atoms with E-state index in [1.807, 2.05) is 24.3 Å². The van der Waals surface area contributed by atoms with Gasteiger partial charge in [0.1, 0.15) is 11.9 Å². The van der Waals surface area contributed by atoms with Gasteiger partial charge in [-0.3, -0.25) is 4.79 Å². The molecule has 0 bridgehead atoms. The topological polar surface area (TPSA) is 50.4 Å². The van der Waals surface area contributed by atoms with E-state index in [9.17, 15) is 4.79 Å². The van der Waals surface area contributed by atoms with E-state index < -0.39 is 0 Å². The Morgan fingerprint density at radius 3 is 2.77 bits per heavy atom. The Kier molecular flexibility index (Phi) is 4.61. The molecule has 22 heavy (non-hydrogen) atoms. The fourth-order valence-corrected chi connectivity index (χ4v) is 2.50. The van der Waals surface area contributed by atoms with Gasteiger partial charge in [0, 0.05) is 28.9 Å². The van der Waals surface area contributed by atoms with Crippen LogP contribution in [0.2, 0.25) is 5.02 Å². The summed E-state index contributed by atoms with van der Waals surface area (Å²) in [6.07, 6.45) is 1.20. The maximum atomic E-state index is 12.2. The summed E-state index contributed by atoms with van der Waals surface area (Å²) in [5, 5.41) is 6.73. The fraction of sp³-hybridized carbons (Fsp3) is 0.235. The Bertz CT molecular complexity index is 652. The Labute approximate surface area is 134 Å². The van der Waals surface area contributed by atoms with Crippen molar-refractivity contribution >= 4 is 23.2 Å². The van der Waals surface area contributed by atoms with Crippen LogP contribution in [-0.2, 0) is 0 Å². The van der Waals surface area contributed by atoms with Crippen molar-refractivity contribution in [3.63, 3.8) is 0 Å². The predicted octanol–water partition coefficient (Wildman–Crippen LogP) is 3.33. The van der Waals surface area contributed by atoms with Crippen LogP contribution < -0.4 is 15.4 Å². The molecule has 4 nitrogen and oxygen atoms in total. The third kappa shape index (κ3) is 3.78. The number of ether oxygens (including phenoxy) is 1. The molecule has 1 heterocycles. The highest BCUT2D eigenvalue weighted by Crippen LogP contribution is 2.21. The predicted molar refractivity (Wildman–Crippen MR) is 87.7 cm³/mol. The quantitative estimate of drug-likeness (QED) is 0.909. The molecule has 3 rings (SSSR count). The molecule has 114 valence electrons. The maximum Gasteiger partial charge on any atom is 0.255 e. The largest absolute Gasteiger partial charge is 0.489 e. The van der Waals surface area contributed by atoms with Gasteiger partial charge in [-0.1, -0.05) is 17.7 Å². The first kappa shape index (κ1) is 14.9. The van der Waals surface area contributed by atoms with Gasteiger partial charge in [0.2, 0.25) is 0 Å². The molecule has 0 aliphatic carbocycles. The van der Waals surface area contributed by atoms with Gasteiger partial charge in [-0.15, -0.1) is 0 Å². The van der Waals surface area contributed by atoms with Gasteiger partial charge in [-0.2, -0.15) is 0 Å². The number of benzene rings is 2. The van der Waals surface area contributed by atoms with E-state index in [4.69, 9.17) is 16.3 Å². The Morgan fingerprint density at radius 1 is 1.23 bits per heavy atom. The summed E-state index contributed by atoms with van der Waals surface area (Å²) in [6, 6.07) is 14.2. The van der Waals surface area contributed by atoms with Crippen molar-refractivity contribution in [1.82, 2.24) is 5.32 Å². The van der Waals surface area contributed by atoms with Crippen molar-refractivity contribution in [2.75, 3.05) is 18.4 Å². The van der Waals surface area contributed by atoms with Crippen LogP contribution in [0.25, 0.3) is 0 Å². The molecule has 5 heteroatoms. The van der Waals surface area contributed by atoms with Crippen LogP contribution in [0.5, 0.6) is 5.75 Å². The molecule has 0 saturated carbocycles. The number of amides is 1. The number of carbonyl (C=O) groups excluding carboxylic acids is 1. The molecule has 1 fully saturated rings. The van der Waals surface area contributed by atoms with Crippen molar-refractivity contribution in [1.29, 1.82) is 0 Å². The molecule has 1 saturated heterocycles. The Balaban J connectivity index is 1.66. The first-order valence-electron chi connectivity index (χ1n) is 7.25. The van der Waals surface area contributed by atoms with E-state index in [1.54, 1.807) is 24.3 Å². The molecular weight excluding hydrogens is 300 g/mol. The number of hydrogen-bond acceptors (Lipinski definition) is 3. The monoisotopic (exact) mass is 316 g/mol. The second-order valence-electron chi connectivity index (χ2n) is 5.22. The third-order valence-corrected chi connectivity index (χ3v) is 3.77. The zero-order chi connectivity index (χ0) is 15.4. The zero-order valence-electron chi connectivity index (χ0n) is 12.0. The number of carbonyl (C=O) groups is 1. The molecule has 2 aromatic rings. The summed E-state index contributed by atoms with van der Waals surface area (Å²) in [6.45, 7) is 1.85. The molecule has 0 spiro atoms. The number of halogens is 1. The van der Waals surface area contributed by atoms with Gasteiger partial charge in [0.25, 0.3) is 5.91 Å². The highest BCUT2D eigenvalue weighted by molar-refractivity contribution is 6.30. The summed E-state index contributed by atoms with van der Waals surface area (Å²) in [4.78, 5) is 12.2. The van der Waals surface area contributed by atoms with Crippen LogP contribution in [0.1, 0.15) is 16.8 Å². The minimum absolute atomic E-state index is 0.170. The van der Waals surface area contributed by atoms with Crippen LogP contribution in [0.4, 0.5) is 5.69 Å². The summed E-state index contributed by atoms with van der Waals surface area (Å²) in [5.41, 5.74) is 1.28. The molecular formula is C17H17ClN2O2. The molecule has 0 unspecified atom stereocenters. The molecule has 1 atom stereocenters. The number of nitrogens with one attached hydrogen (secondary N) is 2. The summed E-state index contributed by atoms with van der Waals surface area (Å²) in [5.74, 6) is 0.596. The van der Waals surface area contributed by atoms with Crippen LogP contribution in [0.3, 0.4) is 0 Å². The highest BCUT2D eigenvalue weighted by atomic mass is 35.5. The smallest absolute Gasteiger partial charge is 0.255 e. The fourth-order valence-electron chi connectivity index (χ4n) is 2.37. The molecule has 1 aliphatic heterocycles. The molecule has 1 aliphatic rings. The standard InChI is InChI=1S/C17H17ClN2O2/c18-13-6-4-12(5-7-13)17(21)20-14-2-1-3-15(10-14)22-16-8-9-19-11-16/h1-7,10,16,19H,8-9,11H2,(H,20,21)/t16-/m0/s1. The minimum atomic E-state index is -0.170. The van der Waals surface area contributed by atoms with Crippen LogP contribution in [-0.4, -0.2) is 25.1 Å². The lowest BCUT2D eigenvalue weighted by Gasteiger charge is -2.13. The Hall–Kier alpha value is -2.04. The lowest BCUT2D eigenvalue weighted by atomic mass is 10.2. The molecule has 1 amide bonds. The van der Waals surface area contributed by atoms with Gasteiger partial charge >= 0.3 is 0 Å². The van der Waals surface area contributed by atoms with Crippen molar-refractivity contribution in [3.05, 3.63) is 59.1 Å². The summed E-state index contributed by atoms with van der Waals surface area (Å²) < 4.78 is 5.89. The van der Waals surface area contributed by atoms with E-state index in [1.165, 1.54) is 0 Å². The minimum Gasteiger partial charge on any atom is -0.489 e. The average molecular weight is 317 g/mol. The molecule has 2 N–H and O–H groups in total. The average Bonchev–Trinajstić information content (AvgIpc) is 3.01.